The molecule has 9 nitrogen and oxygen atoms in total. The number of phenols is 1. The fraction of sp³-hybridized carbons (Fsp3) is 0.345. The Kier molecular flexibility index (Phi) is 9.05. The molecule has 1 N–H and O–H groups in total. The van der Waals surface area contributed by atoms with Crippen LogP contribution in [0.25, 0.3) is 6.08 Å². The molecule has 0 unspecified atom stereocenters. The fourth-order valence-electron chi connectivity index (χ4n) is 4.39. The molecule has 2 heterocycles. The van der Waals surface area contributed by atoms with Gasteiger partial charge in [0.05, 0.1) is 48.3 Å². The quantitative estimate of drug-likeness (QED) is 0.348. The van der Waals surface area contributed by atoms with E-state index in [1.54, 1.807) is 38.1 Å². The van der Waals surface area contributed by atoms with E-state index in [1.165, 1.54) is 29.1 Å². The third-order valence-corrected chi connectivity index (χ3v) is 7.72. The highest BCUT2D eigenvalue weighted by molar-refractivity contribution is 9.10. The monoisotopic (exact) mass is 630 g/mol. The zero-order valence-electron chi connectivity index (χ0n) is 23.1. The maximum Gasteiger partial charge on any atom is 0.338 e. The summed E-state index contributed by atoms with van der Waals surface area (Å²) in [5.41, 5.74) is 1.68. The fourth-order valence-corrected chi connectivity index (χ4v) is 5.88. The number of hydrogen-bond acceptors (Lipinski definition) is 9. The molecule has 1 aliphatic heterocycles. The number of esters is 1. The van der Waals surface area contributed by atoms with Crippen molar-refractivity contribution in [1.82, 2.24) is 4.57 Å². The number of phenolic OH excluding ortho intramolecular Hbond substituents is 1. The molecule has 4 rings (SSSR count). The topological polar surface area (TPSA) is 109 Å². The summed E-state index contributed by atoms with van der Waals surface area (Å²) >= 11 is 4.66. The molecule has 11 heteroatoms. The van der Waals surface area contributed by atoms with Gasteiger partial charge >= 0.3 is 5.97 Å². The molecule has 40 heavy (non-hydrogen) atoms. The van der Waals surface area contributed by atoms with Crippen molar-refractivity contribution in [3.8, 4) is 23.0 Å². The first-order valence-electron chi connectivity index (χ1n) is 12.8. The van der Waals surface area contributed by atoms with Gasteiger partial charge in [0.25, 0.3) is 5.56 Å². The van der Waals surface area contributed by atoms with Crippen molar-refractivity contribution in [2.75, 3.05) is 20.3 Å². The van der Waals surface area contributed by atoms with Gasteiger partial charge in [0.15, 0.2) is 27.8 Å². The van der Waals surface area contributed by atoms with Crippen LogP contribution in [0.1, 0.15) is 51.8 Å². The van der Waals surface area contributed by atoms with Gasteiger partial charge in [0, 0.05) is 4.47 Å². The molecule has 1 aliphatic rings. The molecule has 3 aromatic rings. The number of thiazole rings is 1. The second-order valence-electron chi connectivity index (χ2n) is 9.15. The molecule has 0 bridgehead atoms. The smallest absolute Gasteiger partial charge is 0.338 e. The maximum absolute atomic E-state index is 13.9. The molecule has 0 amide bonds. The van der Waals surface area contributed by atoms with E-state index in [0.717, 1.165) is 0 Å². The largest absolute Gasteiger partial charge is 0.504 e. The van der Waals surface area contributed by atoms with Crippen LogP contribution < -0.4 is 29.1 Å². The van der Waals surface area contributed by atoms with Crippen LogP contribution in [0.4, 0.5) is 0 Å². The van der Waals surface area contributed by atoms with Gasteiger partial charge in [-0.1, -0.05) is 33.3 Å². The molecular formula is C29H31BrN2O7S. The molecular weight excluding hydrogens is 600 g/mol. The van der Waals surface area contributed by atoms with Gasteiger partial charge < -0.3 is 24.1 Å². The van der Waals surface area contributed by atoms with Crippen molar-refractivity contribution in [2.24, 2.45) is 4.99 Å². The number of carbonyl (C=O) groups excluding carboxylic acids is 1. The minimum absolute atomic E-state index is 0.0131. The highest BCUT2D eigenvalue weighted by atomic mass is 79.9. The first-order chi connectivity index (χ1) is 19.1. The van der Waals surface area contributed by atoms with Crippen molar-refractivity contribution >= 4 is 39.3 Å². The highest BCUT2D eigenvalue weighted by Crippen LogP contribution is 2.37. The number of rotatable bonds is 9. The summed E-state index contributed by atoms with van der Waals surface area (Å²) in [6.07, 6.45) is 1.63. The van der Waals surface area contributed by atoms with E-state index in [4.69, 9.17) is 18.9 Å². The third kappa shape index (κ3) is 5.80. The Hall–Kier alpha value is -3.57. The van der Waals surface area contributed by atoms with E-state index in [9.17, 15) is 14.7 Å². The molecule has 0 saturated heterocycles. The van der Waals surface area contributed by atoms with Crippen LogP contribution in [0.15, 0.2) is 55.9 Å². The van der Waals surface area contributed by atoms with E-state index >= 15 is 0 Å². The number of aromatic hydroxyl groups is 1. The Morgan fingerprint density at radius 3 is 2.58 bits per heavy atom. The molecule has 0 saturated carbocycles. The number of fused-ring (bicyclic) bond motifs is 1. The average molecular weight is 632 g/mol. The van der Waals surface area contributed by atoms with Crippen molar-refractivity contribution in [1.29, 1.82) is 0 Å². The number of nitrogens with zero attached hydrogens (tertiary/aromatic N) is 2. The van der Waals surface area contributed by atoms with Crippen LogP contribution in [0.3, 0.4) is 0 Å². The summed E-state index contributed by atoms with van der Waals surface area (Å²) < 4.78 is 24.9. The molecule has 212 valence electrons. The molecule has 1 aromatic heterocycles. The van der Waals surface area contributed by atoms with Gasteiger partial charge in [0.2, 0.25) is 0 Å². The van der Waals surface area contributed by atoms with E-state index < -0.39 is 12.0 Å². The zero-order valence-corrected chi connectivity index (χ0v) is 25.5. The van der Waals surface area contributed by atoms with Gasteiger partial charge in [-0.25, -0.2) is 9.79 Å². The van der Waals surface area contributed by atoms with E-state index in [2.05, 4.69) is 20.9 Å². The lowest BCUT2D eigenvalue weighted by Crippen LogP contribution is -2.40. The lowest BCUT2D eigenvalue weighted by atomic mass is 9.95. The SMILES string of the molecule is CCOC(=O)C1=C(C)N=c2s/c(=C\c3cc(OCC)c(O)cc3Br)c(=O)n2[C@H]1c1ccc(OC(C)C)c(OC)c1. The average Bonchev–Trinajstić information content (AvgIpc) is 3.20. The molecule has 1 atom stereocenters. The Morgan fingerprint density at radius 1 is 1.18 bits per heavy atom. The lowest BCUT2D eigenvalue weighted by molar-refractivity contribution is -0.139. The van der Waals surface area contributed by atoms with Crippen molar-refractivity contribution in [3.63, 3.8) is 0 Å². The van der Waals surface area contributed by atoms with Crippen LogP contribution >= 0.6 is 27.3 Å². The van der Waals surface area contributed by atoms with Gasteiger partial charge in [-0.2, -0.15) is 0 Å². The third-order valence-electron chi connectivity index (χ3n) is 6.05. The van der Waals surface area contributed by atoms with Crippen molar-refractivity contribution < 1.29 is 28.8 Å². The number of methoxy groups -OCH3 is 1. The summed E-state index contributed by atoms with van der Waals surface area (Å²) in [4.78, 5) is 32.2. The predicted molar refractivity (Wildman–Crippen MR) is 156 cm³/mol. The van der Waals surface area contributed by atoms with Gasteiger partial charge in [-0.05, 0) is 76.1 Å². The number of aromatic nitrogens is 1. The molecule has 0 aliphatic carbocycles. The second-order valence-corrected chi connectivity index (χ2v) is 11.0. The Morgan fingerprint density at radius 2 is 1.93 bits per heavy atom. The zero-order chi connectivity index (χ0) is 29.1. The summed E-state index contributed by atoms with van der Waals surface area (Å²) in [6, 6.07) is 7.72. The van der Waals surface area contributed by atoms with Gasteiger partial charge in [0.1, 0.15) is 0 Å². The Balaban J connectivity index is 1.95. The number of ether oxygens (including phenoxy) is 4. The van der Waals surface area contributed by atoms with E-state index in [0.29, 0.717) is 54.5 Å². The number of halogens is 1. The normalized spacial score (nSPS) is 15.1. The number of carbonyl (C=O) groups is 1. The van der Waals surface area contributed by atoms with Crippen LogP contribution in [-0.4, -0.2) is 42.1 Å². The van der Waals surface area contributed by atoms with Crippen molar-refractivity contribution in [2.45, 2.75) is 46.8 Å². The second kappa shape index (κ2) is 12.3. The minimum atomic E-state index is -0.804. The summed E-state index contributed by atoms with van der Waals surface area (Å²) in [6.45, 7) is 9.66. The number of benzene rings is 2. The van der Waals surface area contributed by atoms with E-state index in [1.807, 2.05) is 26.8 Å². The molecule has 2 aromatic carbocycles. The first kappa shape index (κ1) is 29.4. The van der Waals surface area contributed by atoms with Gasteiger partial charge in [-0.3, -0.25) is 9.36 Å². The van der Waals surface area contributed by atoms with Crippen LogP contribution in [0, 0.1) is 0 Å². The Bertz CT molecular complexity index is 1660. The molecule has 0 radical (unpaired) electrons. The van der Waals surface area contributed by atoms with Crippen LogP contribution in [-0.2, 0) is 9.53 Å². The van der Waals surface area contributed by atoms with Crippen LogP contribution in [0.5, 0.6) is 23.0 Å². The first-order valence-corrected chi connectivity index (χ1v) is 14.4. The predicted octanol–water partition coefficient (Wildman–Crippen LogP) is 4.46. The van der Waals surface area contributed by atoms with Crippen LogP contribution in [0.2, 0.25) is 0 Å². The number of allylic oxidation sites excluding steroid dienone is 1. The van der Waals surface area contributed by atoms with Gasteiger partial charge in [-0.15, -0.1) is 0 Å². The Labute approximate surface area is 244 Å². The molecule has 0 spiro atoms. The van der Waals surface area contributed by atoms with E-state index in [-0.39, 0.29) is 29.6 Å². The standard InChI is InChI=1S/C29H31BrN2O7S/c1-7-37-22-12-18(19(30)14-20(22)33)13-24-27(34)32-26(17-9-10-21(39-15(3)4)23(11-17)36-6)25(28(35)38-8-2)16(5)31-29(32)40-24/h9-15,26,33H,7-8H2,1-6H3/b24-13-/t26-/m0/s1. The minimum Gasteiger partial charge on any atom is -0.504 e. The molecule has 0 fully saturated rings. The maximum atomic E-state index is 13.9. The lowest BCUT2D eigenvalue weighted by Gasteiger charge is -2.25. The summed E-state index contributed by atoms with van der Waals surface area (Å²) in [5, 5.41) is 10.2. The summed E-state index contributed by atoms with van der Waals surface area (Å²) in [5.74, 6) is 0.767. The highest BCUT2D eigenvalue weighted by Gasteiger charge is 2.34. The van der Waals surface area contributed by atoms with Crippen molar-refractivity contribution in [3.05, 3.63) is 76.9 Å². The number of hydrogen-bond donors (Lipinski definition) is 1. The summed E-state index contributed by atoms with van der Waals surface area (Å²) in [7, 11) is 1.54.